The zero-order valence-electron chi connectivity index (χ0n) is 10.0. The molecule has 0 saturated carbocycles. The maximum atomic E-state index is 12.0. The highest BCUT2D eigenvalue weighted by atomic mass is 79.9. The van der Waals surface area contributed by atoms with Gasteiger partial charge in [-0.25, -0.2) is 0 Å². The summed E-state index contributed by atoms with van der Waals surface area (Å²) in [6.07, 6.45) is -4.77. The van der Waals surface area contributed by atoms with Gasteiger partial charge in [0.05, 0.1) is 0 Å². The van der Waals surface area contributed by atoms with E-state index in [9.17, 15) is 13.2 Å². The molecule has 19 heavy (non-hydrogen) atoms. The van der Waals surface area contributed by atoms with Crippen molar-refractivity contribution in [1.82, 2.24) is 5.32 Å². The molecule has 7 heteroatoms. The van der Waals surface area contributed by atoms with Gasteiger partial charge in [0, 0.05) is 17.4 Å². The normalized spacial score (nSPS) is 13.9. The van der Waals surface area contributed by atoms with Gasteiger partial charge in [-0.2, -0.15) is 13.2 Å². The molecule has 1 aliphatic rings. The molecule has 2 rings (SSSR count). The fourth-order valence-electron chi connectivity index (χ4n) is 1.73. The number of fused-ring (bicyclic) bond motifs is 1. The lowest BCUT2D eigenvalue weighted by Crippen LogP contribution is -2.18. The monoisotopic (exact) mass is 339 g/mol. The minimum absolute atomic E-state index is 0.0751. The van der Waals surface area contributed by atoms with E-state index in [1.165, 1.54) is 0 Å². The number of benzene rings is 1. The largest absolute Gasteiger partial charge is 0.454 e. The van der Waals surface area contributed by atoms with Crippen molar-refractivity contribution >= 4 is 15.9 Å². The highest BCUT2D eigenvalue weighted by Gasteiger charge is 2.25. The molecule has 0 aromatic heterocycles. The van der Waals surface area contributed by atoms with Gasteiger partial charge < -0.3 is 14.8 Å². The van der Waals surface area contributed by atoms with Crippen LogP contribution in [-0.2, 0) is 6.54 Å². The van der Waals surface area contributed by atoms with Crippen molar-refractivity contribution in [2.45, 2.75) is 25.6 Å². The number of ether oxygens (including phenoxy) is 2. The molecule has 0 radical (unpaired) electrons. The number of hydrogen-bond acceptors (Lipinski definition) is 3. The second-order valence-electron chi connectivity index (χ2n) is 4.19. The van der Waals surface area contributed by atoms with Crippen LogP contribution >= 0.6 is 15.9 Å². The third kappa shape index (κ3) is 4.28. The predicted molar refractivity (Wildman–Crippen MR) is 67.3 cm³/mol. The van der Waals surface area contributed by atoms with Crippen molar-refractivity contribution in [3.8, 4) is 11.5 Å². The Balaban J connectivity index is 1.80. The van der Waals surface area contributed by atoms with E-state index in [-0.39, 0.29) is 13.2 Å². The lowest BCUT2D eigenvalue weighted by atomic mass is 10.2. The van der Waals surface area contributed by atoms with Crippen molar-refractivity contribution in [3.63, 3.8) is 0 Å². The predicted octanol–water partition coefficient (Wildman–Crippen LogP) is 3.61. The standard InChI is InChI=1S/C12H13BrF3NO2/c13-9-5-11-10(18-7-19-11)4-8(9)6-17-3-1-2-12(14,15)16/h4-5,17H,1-3,6-7H2. The average Bonchev–Trinajstić information content (AvgIpc) is 2.74. The van der Waals surface area contributed by atoms with Gasteiger partial charge in [-0.1, -0.05) is 15.9 Å². The van der Waals surface area contributed by atoms with E-state index in [1.807, 2.05) is 6.07 Å². The molecular formula is C12H13BrF3NO2. The van der Waals surface area contributed by atoms with E-state index in [1.54, 1.807) is 6.07 Å². The Kier molecular flexibility index (Phi) is 4.57. The first-order chi connectivity index (χ1) is 8.96. The summed E-state index contributed by atoms with van der Waals surface area (Å²) < 4.78 is 47.2. The van der Waals surface area contributed by atoms with Gasteiger partial charge in [0.2, 0.25) is 6.79 Å². The van der Waals surface area contributed by atoms with Gasteiger partial charge in [-0.05, 0) is 30.7 Å². The molecule has 1 heterocycles. The van der Waals surface area contributed by atoms with Gasteiger partial charge in [-0.3, -0.25) is 0 Å². The molecule has 1 N–H and O–H groups in total. The van der Waals surface area contributed by atoms with Crippen LogP contribution in [0.2, 0.25) is 0 Å². The maximum Gasteiger partial charge on any atom is 0.389 e. The van der Waals surface area contributed by atoms with Crippen LogP contribution in [0.4, 0.5) is 13.2 Å². The molecule has 1 aromatic rings. The summed E-state index contributed by atoms with van der Waals surface area (Å²) in [6.45, 7) is 1.000. The molecule has 0 amide bonds. The third-order valence-electron chi connectivity index (χ3n) is 2.67. The maximum absolute atomic E-state index is 12.0. The van der Waals surface area contributed by atoms with Crippen molar-refractivity contribution in [1.29, 1.82) is 0 Å². The molecule has 1 aromatic carbocycles. The molecule has 0 unspecified atom stereocenters. The van der Waals surface area contributed by atoms with E-state index in [2.05, 4.69) is 21.2 Å². The first-order valence-electron chi connectivity index (χ1n) is 5.81. The van der Waals surface area contributed by atoms with E-state index < -0.39 is 12.6 Å². The minimum Gasteiger partial charge on any atom is -0.454 e. The molecule has 0 spiro atoms. The van der Waals surface area contributed by atoms with Crippen molar-refractivity contribution < 1.29 is 22.6 Å². The van der Waals surface area contributed by atoms with E-state index in [4.69, 9.17) is 9.47 Å². The SMILES string of the molecule is FC(F)(F)CCCNCc1cc2c(cc1Br)OCO2. The van der Waals surface area contributed by atoms with Crippen molar-refractivity contribution in [2.24, 2.45) is 0 Å². The summed E-state index contributed by atoms with van der Waals surface area (Å²) in [5.41, 5.74) is 0.927. The summed E-state index contributed by atoms with van der Waals surface area (Å²) in [5.74, 6) is 1.34. The fourth-order valence-corrected chi connectivity index (χ4v) is 2.19. The summed E-state index contributed by atoms with van der Waals surface area (Å²) in [6, 6.07) is 3.62. The lowest BCUT2D eigenvalue weighted by Gasteiger charge is -2.09. The van der Waals surface area contributed by atoms with Crippen LogP contribution in [0.5, 0.6) is 11.5 Å². The topological polar surface area (TPSA) is 30.5 Å². The summed E-state index contributed by atoms with van der Waals surface area (Å²) in [5, 5.41) is 2.98. The van der Waals surface area contributed by atoms with Gasteiger partial charge in [0.25, 0.3) is 0 Å². The van der Waals surface area contributed by atoms with Crippen LogP contribution in [0, 0.1) is 0 Å². The Morgan fingerprint density at radius 3 is 2.58 bits per heavy atom. The number of nitrogens with one attached hydrogen (secondary N) is 1. The molecule has 0 atom stereocenters. The van der Waals surface area contributed by atoms with Gasteiger partial charge in [0.1, 0.15) is 0 Å². The summed E-state index contributed by atoms with van der Waals surface area (Å²) >= 11 is 3.40. The third-order valence-corrected chi connectivity index (χ3v) is 3.41. The fraction of sp³-hybridized carbons (Fsp3) is 0.500. The Bertz CT molecular complexity index is 451. The molecule has 0 aliphatic carbocycles. The zero-order chi connectivity index (χ0) is 13.9. The molecule has 1 aliphatic heterocycles. The lowest BCUT2D eigenvalue weighted by molar-refractivity contribution is -0.135. The van der Waals surface area contributed by atoms with Gasteiger partial charge in [0.15, 0.2) is 11.5 Å². The number of rotatable bonds is 5. The number of alkyl halides is 3. The van der Waals surface area contributed by atoms with Gasteiger partial charge >= 0.3 is 6.18 Å². The van der Waals surface area contributed by atoms with Crippen LogP contribution in [0.25, 0.3) is 0 Å². The highest BCUT2D eigenvalue weighted by molar-refractivity contribution is 9.10. The molecule has 0 fully saturated rings. The molecule has 106 valence electrons. The van der Waals surface area contributed by atoms with Crippen molar-refractivity contribution in [2.75, 3.05) is 13.3 Å². The second kappa shape index (κ2) is 6.00. The zero-order valence-corrected chi connectivity index (χ0v) is 11.6. The van der Waals surface area contributed by atoms with Crippen LogP contribution in [0.3, 0.4) is 0 Å². The molecule has 0 saturated heterocycles. The first-order valence-corrected chi connectivity index (χ1v) is 6.60. The Labute approximate surface area is 117 Å². The first kappa shape index (κ1) is 14.5. The molecule has 0 bridgehead atoms. The van der Waals surface area contributed by atoms with Crippen LogP contribution < -0.4 is 14.8 Å². The Morgan fingerprint density at radius 1 is 1.21 bits per heavy atom. The van der Waals surface area contributed by atoms with Crippen LogP contribution in [-0.4, -0.2) is 19.5 Å². The quantitative estimate of drug-likeness (QED) is 0.831. The van der Waals surface area contributed by atoms with Gasteiger partial charge in [-0.15, -0.1) is 0 Å². The summed E-state index contributed by atoms with van der Waals surface area (Å²) in [4.78, 5) is 0. The Morgan fingerprint density at radius 2 is 1.89 bits per heavy atom. The van der Waals surface area contributed by atoms with Crippen LogP contribution in [0.15, 0.2) is 16.6 Å². The number of halogens is 4. The molecule has 3 nitrogen and oxygen atoms in total. The highest BCUT2D eigenvalue weighted by Crippen LogP contribution is 2.36. The van der Waals surface area contributed by atoms with E-state index in [0.717, 1.165) is 10.0 Å². The van der Waals surface area contributed by atoms with E-state index >= 15 is 0 Å². The van der Waals surface area contributed by atoms with Crippen molar-refractivity contribution in [3.05, 3.63) is 22.2 Å². The van der Waals surface area contributed by atoms with Crippen LogP contribution in [0.1, 0.15) is 18.4 Å². The minimum atomic E-state index is -4.08. The number of hydrogen-bond donors (Lipinski definition) is 1. The van der Waals surface area contributed by atoms with E-state index in [0.29, 0.717) is 24.6 Å². The second-order valence-corrected chi connectivity index (χ2v) is 5.05. The Hall–Kier alpha value is -0.950. The smallest absolute Gasteiger partial charge is 0.389 e. The average molecular weight is 340 g/mol. The summed E-state index contributed by atoms with van der Waals surface area (Å²) in [7, 11) is 0. The molecular weight excluding hydrogens is 327 g/mol.